The zero-order valence-electron chi connectivity index (χ0n) is 8.62. The lowest BCUT2D eigenvalue weighted by molar-refractivity contribution is -0.297. The molecule has 13 heavy (non-hydrogen) atoms. The fraction of sp³-hybridized carbons (Fsp3) is 0.875. The SMILES string of the molecule is CON1C(=O)C(C)(C)N([O])C1(C)C. The molecule has 5 nitrogen and oxygen atoms in total. The fourth-order valence-corrected chi connectivity index (χ4v) is 1.66. The van der Waals surface area contributed by atoms with Gasteiger partial charge in [-0.1, -0.05) is 0 Å². The third-order valence-corrected chi connectivity index (χ3v) is 2.39. The number of amides is 1. The smallest absolute Gasteiger partial charge is 0.270 e. The molecule has 0 atom stereocenters. The van der Waals surface area contributed by atoms with Gasteiger partial charge < -0.3 is 0 Å². The summed E-state index contributed by atoms with van der Waals surface area (Å²) in [5.41, 5.74) is -1.98. The van der Waals surface area contributed by atoms with E-state index in [1.807, 2.05) is 0 Å². The summed E-state index contributed by atoms with van der Waals surface area (Å²) in [6, 6.07) is 0. The van der Waals surface area contributed by atoms with E-state index in [-0.39, 0.29) is 5.91 Å². The molecule has 0 aromatic heterocycles. The molecule has 0 aromatic carbocycles. The van der Waals surface area contributed by atoms with E-state index in [4.69, 9.17) is 4.84 Å². The lowest BCUT2D eigenvalue weighted by atomic mass is 10.1. The lowest BCUT2D eigenvalue weighted by Crippen LogP contribution is -2.48. The van der Waals surface area contributed by atoms with E-state index in [2.05, 4.69) is 0 Å². The van der Waals surface area contributed by atoms with Crippen LogP contribution in [-0.2, 0) is 14.8 Å². The first kappa shape index (κ1) is 10.4. The summed E-state index contributed by atoms with van der Waals surface area (Å²) in [6.45, 7) is 6.47. The molecule has 0 spiro atoms. The highest BCUT2D eigenvalue weighted by Gasteiger charge is 2.58. The van der Waals surface area contributed by atoms with Gasteiger partial charge in [-0.25, -0.2) is 0 Å². The minimum atomic E-state index is -1.04. The predicted octanol–water partition coefficient (Wildman–Crippen LogP) is 0.552. The van der Waals surface area contributed by atoms with E-state index in [1.54, 1.807) is 27.7 Å². The molecule has 1 heterocycles. The molecule has 1 aliphatic rings. The van der Waals surface area contributed by atoms with Crippen LogP contribution >= 0.6 is 0 Å². The molecule has 0 saturated carbocycles. The van der Waals surface area contributed by atoms with Crippen molar-refractivity contribution in [3.63, 3.8) is 0 Å². The van der Waals surface area contributed by atoms with Crippen LogP contribution in [0.2, 0.25) is 0 Å². The molecular weight excluding hydrogens is 172 g/mol. The second kappa shape index (κ2) is 2.67. The molecule has 1 fully saturated rings. The molecule has 0 aromatic rings. The first-order chi connectivity index (χ1) is 5.76. The van der Waals surface area contributed by atoms with Crippen molar-refractivity contribution in [1.29, 1.82) is 0 Å². The molecule has 1 amide bonds. The van der Waals surface area contributed by atoms with Crippen LogP contribution in [0.5, 0.6) is 0 Å². The van der Waals surface area contributed by atoms with Gasteiger partial charge in [0.15, 0.2) is 0 Å². The molecule has 0 aliphatic carbocycles. The van der Waals surface area contributed by atoms with Crippen LogP contribution in [-0.4, -0.2) is 34.3 Å². The van der Waals surface area contributed by atoms with Gasteiger partial charge in [-0.05, 0) is 27.7 Å². The highest BCUT2D eigenvalue weighted by atomic mass is 16.7. The summed E-state index contributed by atoms with van der Waals surface area (Å²) >= 11 is 0. The van der Waals surface area contributed by atoms with Gasteiger partial charge in [0.1, 0.15) is 11.2 Å². The van der Waals surface area contributed by atoms with Crippen molar-refractivity contribution in [2.45, 2.75) is 38.9 Å². The molecule has 1 radical (unpaired) electrons. The van der Waals surface area contributed by atoms with Crippen LogP contribution in [0.3, 0.4) is 0 Å². The van der Waals surface area contributed by atoms with Crippen LogP contribution in [0.25, 0.3) is 0 Å². The maximum atomic E-state index is 11.7. The monoisotopic (exact) mass is 187 g/mol. The van der Waals surface area contributed by atoms with Crippen LogP contribution in [0, 0.1) is 0 Å². The number of hydroxylamine groups is 4. The van der Waals surface area contributed by atoms with Crippen LogP contribution < -0.4 is 0 Å². The Hall–Kier alpha value is -0.650. The van der Waals surface area contributed by atoms with Crippen LogP contribution in [0.4, 0.5) is 0 Å². The molecule has 5 heteroatoms. The van der Waals surface area contributed by atoms with Crippen molar-refractivity contribution >= 4 is 5.91 Å². The molecule has 75 valence electrons. The fourth-order valence-electron chi connectivity index (χ4n) is 1.66. The zero-order chi connectivity index (χ0) is 10.4. The molecule has 1 rings (SSSR count). The van der Waals surface area contributed by atoms with E-state index >= 15 is 0 Å². The van der Waals surface area contributed by atoms with Crippen LogP contribution in [0.15, 0.2) is 0 Å². The summed E-state index contributed by atoms with van der Waals surface area (Å²) in [6.07, 6.45) is 0. The minimum absolute atomic E-state index is 0.310. The van der Waals surface area contributed by atoms with E-state index in [1.165, 1.54) is 7.11 Å². The van der Waals surface area contributed by atoms with E-state index in [0.717, 1.165) is 10.1 Å². The second-order valence-electron chi connectivity index (χ2n) is 4.13. The predicted molar refractivity (Wildman–Crippen MR) is 44.5 cm³/mol. The Labute approximate surface area is 77.8 Å². The molecule has 1 saturated heterocycles. The van der Waals surface area contributed by atoms with Crippen molar-refractivity contribution < 1.29 is 14.8 Å². The zero-order valence-corrected chi connectivity index (χ0v) is 8.62. The van der Waals surface area contributed by atoms with Crippen LogP contribution in [0.1, 0.15) is 27.7 Å². The van der Waals surface area contributed by atoms with Gasteiger partial charge >= 0.3 is 0 Å². The topological polar surface area (TPSA) is 52.7 Å². The van der Waals surface area contributed by atoms with Gasteiger partial charge in [0.2, 0.25) is 0 Å². The number of nitrogens with zero attached hydrogens (tertiary/aromatic N) is 2. The first-order valence-electron chi connectivity index (χ1n) is 4.12. The summed E-state index contributed by atoms with van der Waals surface area (Å²) in [7, 11) is 1.38. The Morgan fingerprint density at radius 3 is 1.85 bits per heavy atom. The second-order valence-corrected chi connectivity index (χ2v) is 4.13. The first-order valence-corrected chi connectivity index (χ1v) is 4.12. The summed E-state index contributed by atoms with van der Waals surface area (Å²) < 4.78 is 0. The maximum absolute atomic E-state index is 11.7. The Balaban J connectivity index is 3.11. The number of rotatable bonds is 1. The molecule has 0 unspecified atom stereocenters. The van der Waals surface area contributed by atoms with Gasteiger partial charge in [0, 0.05) is 0 Å². The lowest BCUT2D eigenvalue weighted by Gasteiger charge is -2.31. The van der Waals surface area contributed by atoms with Gasteiger partial charge in [0.05, 0.1) is 7.11 Å². The standard InChI is InChI=1S/C8H15N2O3/c1-7(2)6(11)9(13-5)8(3,4)10(7)12/h1-5H3. The molecule has 0 bridgehead atoms. The molecular formula is C8H15N2O3. The third-order valence-electron chi connectivity index (χ3n) is 2.39. The summed E-state index contributed by atoms with van der Waals surface area (Å²) in [4.78, 5) is 16.5. The Bertz CT molecular complexity index is 238. The Morgan fingerprint density at radius 2 is 1.69 bits per heavy atom. The average Bonchev–Trinajstić information content (AvgIpc) is 2.12. The number of hydrogen-bond acceptors (Lipinski definition) is 3. The summed E-state index contributed by atoms with van der Waals surface area (Å²) in [5.74, 6) is -0.310. The largest absolute Gasteiger partial charge is 0.272 e. The Kier molecular flexibility index (Phi) is 2.14. The Morgan fingerprint density at radius 1 is 1.23 bits per heavy atom. The summed E-state index contributed by atoms with van der Waals surface area (Å²) in [5, 5.41) is 13.6. The van der Waals surface area contributed by atoms with Gasteiger partial charge in [-0.3, -0.25) is 9.63 Å². The average molecular weight is 187 g/mol. The highest BCUT2D eigenvalue weighted by molar-refractivity contribution is 5.87. The van der Waals surface area contributed by atoms with Gasteiger partial charge in [0.25, 0.3) is 5.91 Å². The number of carbonyl (C=O) groups is 1. The highest BCUT2D eigenvalue weighted by Crippen LogP contribution is 2.36. The van der Waals surface area contributed by atoms with Crippen molar-refractivity contribution in [2.24, 2.45) is 0 Å². The van der Waals surface area contributed by atoms with Crippen molar-refractivity contribution in [1.82, 2.24) is 10.1 Å². The number of hydrogen-bond donors (Lipinski definition) is 0. The van der Waals surface area contributed by atoms with Crippen molar-refractivity contribution in [3.8, 4) is 0 Å². The molecule has 1 aliphatic heterocycles. The van der Waals surface area contributed by atoms with E-state index in [0.29, 0.717) is 0 Å². The number of carbonyl (C=O) groups excluding carboxylic acids is 1. The maximum Gasteiger partial charge on any atom is 0.270 e. The van der Waals surface area contributed by atoms with E-state index in [9.17, 15) is 10.0 Å². The van der Waals surface area contributed by atoms with Gasteiger partial charge in [-0.2, -0.15) is 5.06 Å². The van der Waals surface area contributed by atoms with Gasteiger partial charge in [-0.15, -0.1) is 10.3 Å². The normalized spacial score (nSPS) is 26.9. The van der Waals surface area contributed by atoms with E-state index < -0.39 is 11.2 Å². The quantitative estimate of drug-likeness (QED) is 0.602. The third kappa shape index (κ3) is 1.15. The van der Waals surface area contributed by atoms with Crippen molar-refractivity contribution in [2.75, 3.05) is 7.11 Å². The van der Waals surface area contributed by atoms with Crippen molar-refractivity contribution in [3.05, 3.63) is 0 Å². The molecule has 0 N–H and O–H groups in total. The minimum Gasteiger partial charge on any atom is -0.272 e.